The van der Waals surface area contributed by atoms with Gasteiger partial charge in [-0.2, -0.15) is 0 Å². The first-order valence-corrected chi connectivity index (χ1v) is 6.01. The smallest absolute Gasteiger partial charge is 0.237 e. The van der Waals surface area contributed by atoms with Crippen LogP contribution in [0.1, 0.15) is 18.9 Å². The van der Waals surface area contributed by atoms with E-state index in [0.29, 0.717) is 12.8 Å². The van der Waals surface area contributed by atoms with Gasteiger partial charge in [0.1, 0.15) is 5.75 Å². The molecule has 5 nitrogen and oxygen atoms in total. The average Bonchev–Trinajstić information content (AvgIpc) is 2.38. The molecule has 0 heterocycles. The third kappa shape index (κ3) is 4.35. The third-order valence-electron chi connectivity index (χ3n) is 2.79. The van der Waals surface area contributed by atoms with Crippen LogP contribution in [0.25, 0.3) is 0 Å². The van der Waals surface area contributed by atoms with Crippen molar-refractivity contribution in [2.24, 2.45) is 5.73 Å². The Morgan fingerprint density at radius 2 is 2.00 bits per heavy atom. The van der Waals surface area contributed by atoms with Gasteiger partial charge in [-0.3, -0.25) is 4.79 Å². The Labute approximate surface area is 107 Å². The van der Waals surface area contributed by atoms with Crippen LogP contribution in [0.4, 0.5) is 0 Å². The number of rotatable bonds is 6. The minimum Gasteiger partial charge on any atom is -0.508 e. The molecule has 2 atom stereocenters. The predicted octanol–water partition coefficient (Wildman–Crippen LogP) is 0.149. The lowest BCUT2D eigenvalue weighted by molar-refractivity contribution is -0.123. The van der Waals surface area contributed by atoms with Gasteiger partial charge in [-0.05, 0) is 30.5 Å². The molecule has 0 radical (unpaired) electrons. The monoisotopic (exact) mass is 252 g/mol. The standard InChI is InChI=1S/C13H20N2O3/c1-2-10(8-16)15-13(18)12(14)7-9-3-5-11(17)6-4-9/h3-6,10,12,16-17H,2,7-8,14H2,1H3,(H,15,18)/t10-,12+/m0/s1. The van der Waals surface area contributed by atoms with Crippen molar-refractivity contribution in [2.45, 2.75) is 31.8 Å². The number of aliphatic hydroxyl groups is 1. The second-order valence-electron chi connectivity index (χ2n) is 4.27. The van der Waals surface area contributed by atoms with Crippen LogP contribution in [0.2, 0.25) is 0 Å². The van der Waals surface area contributed by atoms with Gasteiger partial charge in [0, 0.05) is 0 Å². The summed E-state index contributed by atoms with van der Waals surface area (Å²) in [5.74, 6) is -0.0907. The molecule has 0 saturated heterocycles. The predicted molar refractivity (Wildman–Crippen MR) is 69.1 cm³/mol. The first kappa shape index (κ1) is 14.5. The number of phenols is 1. The van der Waals surface area contributed by atoms with Gasteiger partial charge in [0.15, 0.2) is 0 Å². The quantitative estimate of drug-likeness (QED) is 0.579. The van der Waals surface area contributed by atoms with Crippen molar-refractivity contribution >= 4 is 5.91 Å². The Morgan fingerprint density at radius 1 is 1.39 bits per heavy atom. The van der Waals surface area contributed by atoms with Crippen molar-refractivity contribution in [3.63, 3.8) is 0 Å². The molecule has 1 amide bonds. The molecule has 1 rings (SSSR count). The van der Waals surface area contributed by atoms with Crippen LogP contribution in [0, 0.1) is 0 Å². The number of phenolic OH excluding ortho intramolecular Hbond substituents is 1. The Balaban J connectivity index is 2.51. The Morgan fingerprint density at radius 3 is 2.50 bits per heavy atom. The van der Waals surface area contributed by atoms with E-state index in [1.807, 2.05) is 6.92 Å². The lowest BCUT2D eigenvalue weighted by atomic mass is 10.1. The molecule has 5 heteroatoms. The maximum atomic E-state index is 11.7. The lowest BCUT2D eigenvalue weighted by Crippen LogP contribution is -2.47. The zero-order valence-corrected chi connectivity index (χ0v) is 10.5. The van der Waals surface area contributed by atoms with Gasteiger partial charge in [0.25, 0.3) is 0 Å². The number of benzene rings is 1. The maximum Gasteiger partial charge on any atom is 0.237 e. The number of amides is 1. The number of carbonyl (C=O) groups is 1. The van der Waals surface area contributed by atoms with E-state index in [2.05, 4.69) is 5.32 Å². The summed E-state index contributed by atoms with van der Waals surface area (Å²) in [5, 5.41) is 20.8. The Kier molecular flexibility index (Phi) is 5.61. The summed E-state index contributed by atoms with van der Waals surface area (Å²) in [4.78, 5) is 11.7. The molecule has 18 heavy (non-hydrogen) atoms. The van der Waals surface area contributed by atoms with Crippen LogP contribution in [-0.2, 0) is 11.2 Å². The number of aliphatic hydroxyl groups excluding tert-OH is 1. The summed E-state index contributed by atoms with van der Waals surface area (Å²) in [6.07, 6.45) is 1.06. The summed E-state index contributed by atoms with van der Waals surface area (Å²) in [5.41, 5.74) is 6.67. The minimum absolute atomic E-state index is 0.0891. The highest BCUT2D eigenvalue weighted by Crippen LogP contribution is 2.10. The highest BCUT2D eigenvalue weighted by atomic mass is 16.3. The van der Waals surface area contributed by atoms with Crippen LogP contribution in [0.15, 0.2) is 24.3 Å². The highest BCUT2D eigenvalue weighted by molar-refractivity contribution is 5.82. The summed E-state index contributed by atoms with van der Waals surface area (Å²) in [7, 11) is 0. The molecule has 0 aliphatic carbocycles. The van der Waals surface area contributed by atoms with Crippen LogP contribution < -0.4 is 11.1 Å². The van der Waals surface area contributed by atoms with E-state index in [-0.39, 0.29) is 24.3 Å². The van der Waals surface area contributed by atoms with Gasteiger partial charge in [-0.1, -0.05) is 19.1 Å². The molecule has 0 aliphatic rings. The summed E-state index contributed by atoms with van der Waals surface area (Å²) >= 11 is 0. The second-order valence-corrected chi connectivity index (χ2v) is 4.27. The van der Waals surface area contributed by atoms with Crippen molar-refractivity contribution in [3.8, 4) is 5.75 Å². The first-order valence-electron chi connectivity index (χ1n) is 6.01. The van der Waals surface area contributed by atoms with Gasteiger partial charge in [-0.25, -0.2) is 0 Å². The van der Waals surface area contributed by atoms with Crippen molar-refractivity contribution in [1.29, 1.82) is 0 Å². The molecule has 1 aromatic rings. The van der Waals surface area contributed by atoms with Crippen LogP contribution in [0.5, 0.6) is 5.75 Å². The molecule has 100 valence electrons. The van der Waals surface area contributed by atoms with Crippen molar-refractivity contribution in [1.82, 2.24) is 5.32 Å². The molecule has 0 unspecified atom stereocenters. The zero-order chi connectivity index (χ0) is 13.5. The third-order valence-corrected chi connectivity index (χ3v) is 2.79. The fourth-order valence-corrected chi connectivity index (χ4v) is 1.56. The van der Waals surface area contributed by atoms with E-state index >= 15 is 0 Å². The first-order chi connectivity index (χ1) is 8.56. The fraction of sp³-hybridized carbons (Fsp3) is 0.462. The van der Waals surface area contributed by atoms with Crippen LogP contribution in [-0.4, -0.2) is 34.8 Å². The number of nitrogens with one attached hydrogen (secondary N) is 1. The van der Waals surface area contributed by atoms with E-state index < -0.39 is 6.04 Å². The van der Waals surface area contributed by atoms with Crippen molar-refractivity contribution in [3.05, 3.63) is 29.8 Å². The number of carbonyl (C=O) groups excluding carboxylic acids is 1. The van der Waals surface area contributed by atoms with Crippen LogP contribution in [0.3, 0.4) is 0 Å². The number of aromatic hydroxyl groups is 1. The van der Waals surface area contributed by atoms with E-state index in [1.165, 1.54) is 0 Å². The van der Waals surface area contributed by atoms with E-state index in [0.717, 1.165) is 5.56 Å². The molecule has 0 aromatic heterocycles. The lowest BCUT2D eigenvalue weighted by Gasteiger charge is -2.17. The normalized spacial score (nSPS) is 13.9. The summed E-state index contributed by atoms with van der Waals surface area (Å²) < 4.78 is 0. The molecular weight excluding hydrogens is 232 g/mol. The SMILES string of the molecule is CC[C@@H](CO)NC(=O)[C@H](N)Cc1ccc(O)cc1. The molecule has 0 spiro atoms. The number of nitrogens with two attached hydrogens (primary N) is 1. The molecular formula is C13H20N2O3. The molecule has 0 fully saturated rings. The van der Waals surface area contributed by atoms with E-state index in [4.69, 9.17) is 15.9 Å². The summed E-state index contributed by atoms with van der Waals surface area (Å²) in [6.45, 7) is 1.79. The average molecular weight is 252 g/mol. The highest BCUT2D eigenvalue weighted by Gasteiger charge is 2.17. The second kappa shape index (κ2) is 6.98. The molecule has 5 N–H and O–H groups in total. The number of hydrogen-bond acceptors (Lipinski definition) is 4. The van der Waals surface area contributed by atoms with E-state index in [9.17, 15) is 4.79 Å². The van der Waals surface area contributed by atoms with Gasteiger partial charge >= 0.3 is 0 Å². The Hall–Kier alpha value is -1.59. The van der Waals surface area contributed by atoms with Crippen molar-refractivity contribution in [2.75, 3.05) is 6.61 Å². The van der Waals surface area contributed by atoms with Crippen molar-refractivity contribution < 1.29 is 15.0 Å². The van der Waals surface area contributed by atoms with Gasteiger partial charge in [0.05, 0.1) is 18.7 Å². The largest absolute Gasteiger partial charge is 0.508 e. The molecule has 0 bridgehead atoms. The fourth-order valence-electron chi connectivity index (χ4n) is 1.56. The van der Waals surface area contributed by atoms with E-state index in [1.54, 1.807) is 24.3 Å². The maximum absolute atomic E-state index is 11.7. The zero-order valence-electron chi connectivity index (χ0n) is 10.5. The number of hydrogen-bond donors (Lipinski definition) is 4. The van der Waals surface area contributed by atoms with Gasteiger partial charge in [0.2, 0.25) is 5.91 Å². The van der Waals surface area contributed by atoms with Gasteiger partial charge < -0.3 is 21.3 Å². The molecule has 0 aliphatic heterocycles. The van der Waals surface area contributed by atoms with Gasteiger partial charge in [-0.15, -0.1) is 0 Å². The minimum atomic E-state index is -0.657. The summed E-state index contributed by atoms with van der Waals surface area (Å²) in [6, 6.07) is 5.67. The Bertz CT molecular complexity index is 374. The van der Waals surface area contributed by atoms with Crippen LogP contribution >= 0.6 is 0 Å². The molecule has 0 saturated carbocycles. The topological polar surface area (TPSA) is 95.6 Å². The molecule has 1 aromatic carbocycles.